The Morgan fingerprint density at radius 2 is 2.15 bits per heavy atom. The second-order valence-electron chi connectivity index (χ2n) is 3.52. The van der Waals surface area contributed by atoms with Crippen LogP contribution in [0.4, 0.5) is 0 Å². The molecule has 0 aliphatic heterocycles. The number of imidazole rings is 1. The maximum absolute atomic E-state index is 9.83. The molecule has 4 heteroatoms. The highest BCUT2D eigenvalue weighted by atomic mass is 16.3. The molecule has 4 nitrogen and oxygen atoms in total. The van der Waals surface area contributed by atoms with Gasteiger partial charge in [-0.15, -0.1) is 0 Å². The molecule has 0 bridgehead atoms. The maximum Gasteiger partial charge on any atom is 0.177 e. The van der Waals surface area contributed by atoms with E-state index in [4.69, 9.17) is 0 Å². The first-order valence-corrected chi connectivity index (χ1v) is 4.10. The molecule has 2 aromatic heterocycles. The molecule has 0 amide bonds. The maximum atomic E-state index is 9.83. The average molecular weight is 177 g/mol. The number of hydrogen-bond donors (Lipinski definition) is 2. The van der Waals surface area contributed by atoms with Crippen molar-refractivity contribution in [2.45, 2.75) is 19.4 Å². The van der Waals surface area contributed by atoms with Gasteiger partial charge in [0.2, 0.25) is 0 Å². The van der Waals surface area contributed by atoms with Crippen LogP contribution in [0, 0.1) is 0 Å². The summed E-state index contributed by atoms with van der Waals surface area (Å²) in [7, 11) is 0. The van der Waals surface area contributed by atoms with Gasteiger partial charge in [0.15, 0.2) is 5.65 Å². The van der Waals surface area contributed by atoms with Gasteiger partial charge in [-0.2, -0.15) is 0 Å². The molecule has 2 aromatic rings. The largest absolute Gasteiger partial charge is 0.386 e. The molecule has 68 valence electrons. The summed E-state index contributed by atoms with van der Waals surface area (Å²) in [5, 5.41) is 9.83. The lowest BCUT2D eigenvalue weighted by molar-refractivity contribution is 0.0799. The Bertz CT molecular complexity index is 428. The number of pyridine rings is 1. The van der Waals surface area contributed by atoms with Crippen LogP contribution in [0.1, 0.15) is 19.4 Å². The zero-order valence-corrected chi connectivity index (χ0v) is 7.57. The Balaban J connectivity index is 2.75. The first-order valence-electron chi connectivity index (χ1n) is 4.10. The van der Waals surface area contributed by atoms with Crippen LogP contribution in [-0.2, 0) is 5.60 Å². The van der Waals surface area contributed by atoms with E-state index in [-0.39, 0.29) is 0 Å². The first kappa shape index (κ1) is 8.19. The van der Waals surface area contributed by atoms with Gasteiger partial charge in [0, 0.05) is 11.8 Å². The average Bonchev–Trinajstić information content (AvgIpc) is 2.48. The number of aliphatic hydroxyl groups is 1. The number of aromatic amines is 1. The van der Waals surface area contributed by atoms with Gasteiger partial charge in [-0.3, -0.25) is 0 Å². The molecule has 0 aliphatic carbocycles. The van der Waals surface area contributed by atoms with E-state index in [2.05, 4.69) is 15.0 Å². The van der Waals surface area contributed by atoms with Gasteiger partial charge in [0.25, 0.3) is 0 Å². The predicted molar refractivity (Wildman–Crippen MR) is 49.1 cm³/mol. The number of nitrogens with zero attached hydrogens (tertiary/aromatic N) is 2. The van der Waals surface area contributed by atoms with Crippen LogP contribution >= 0.6 is 0 Å². The molecule has 0 saturated heterocycles. The van der Waals surface area contributed by atoms with Crippen molar-refractivity contribution in [3.63, 3.8) is 0 Å². The van der Waals surface area contributed by atoms with Gasteiger partial charge in [-0.05, 0) is 19.9 Å². The molecule has 2 heterocycles. The van der Waals surface area contributed by atoms with Crippen LogP contribution < -0.4 is 0 Å². The molecule has 0 spiro atoms. The standard InChI is InChI=1S/C9H11N3O/c1-9(2,13)6-3-4-10-8-7(6)11-5-12-8/h3-5,13H,1-2H3,(H,10,11,12). The second-order valence-corrected chi connectivity index (χ2v) is 3.52. The third-order valence-corrected chi connectivity index (χ3v) is 1.99. The fraction of sp³-hybridized carbons (Fsp3) is 0.333. The van der Waals surface area contributed by atoms with Gasteiger partial charge in [-0.25, -0.2) is 9.97 Å². The molecule has 13 heavy (non-hydrogen) atoms. The zero-order chi connectivity index (χ0) is 9.47. The van der Waals surface area contributed by atoms with E-state index in [9.17, 15) is 5.11 Å². The first-order chi connectivity index (χ1) is 6.09. The van der Waals surface area contributed by atoms with Crippen molar-refractivity contribution < 1.29 is 5.11 Å². The Hall–Kier alpha value is -1.42. The molecule has 0 aromatic carbocycles. The molecule has 0 fully saturated rings. The van der Waals surface area contributed by atoms with E-state index >= 15 is 0 Å². The molecular formula is C9H11N3O. The van der Waals surface area contributed by atoms with E-state index in [1.54, 1.807) is 32.4 Å². The molecule has 2 N–H and O–H groups in total. The summed E-state index contributed by atoms with van der Waals surface area (Å²) >= 11 is 0. The summed E-state index contributed by atoms with van der Waals surface area (Å²) in [6.45, 7) is 3.48. The Morgan fingerprint density at radius 3 is 2.85 bits per heavy atom. The summed E-state index contributed by atoms with van der Waals surface area (Å²) in [6, 6.07) is 1.79. The number of nitrogens with one attached hydrogen (secondary N) is 1. The van der Waals surface area contributed by atoms with Crippen molar-refractivity contribution in [1.82, 2.24) is 15.0 Å². The Kier molecular flexibility index (Phi) is 1.60. The molecular weight excluding hydrogens is 166 g/mol. The number of rotatable bonds is 1. The van der Waals surface area contributed by atoms with Crippen molar-refractivity contribution in [2.24, 2.45) is 0 Å². The van der Waals surface area contributed by atoms with Crippen LogP contribution in [0.3, 0.4) is 0 Å². The fourth-order valence-corrected chi connectivity index (χ4v) is 1.36. The van der Waals surface area contributed by atoms with Crippen molar-refractivity contribution in [3.05, 3.63) is 24.2 Å². The van der Waals surface area contributed by atoms with Gasteiger partial charge in [-0.1, -0.05) is 0 Å². The highest BCUT2D eigenvalue weighted by Crippen LogP contribution is 2.24. The molecule has 0 radical (unpaired) electrons. The monoisotopic (exact) mass is 177 g/mol. The molecule has 0 unspecified atom stereocenters. The third-order valence-electron chi connectivity index (χ3n) is 1.99. The summed E-state index contributed by atoms with van der Waals surface area (Å²) in [6.07, 6.45) is 3.23. The molecule has 0 aliphatic rings. The summed E-state index contributed by atoms with van der Waals surface area (Å²) in [5.74, 6) is 0. The smallest absolute Gasteiger partial charge is 0.177 e. The van der Waals surface area contributed by atoms with Gasteiger partial charge < -0.3 is 10.1 Å². The van der Waals surface area contributed by atoms with E-state index in [1.807, 2.05) is 0 Å². The third kappa shape index (κ3) is 1.29. The van der Waals surface area contributed by atoms with E-state index < -0.39 is 5.60 Å². The molecule has 0 saturated carbocycles. The SMILES string of the molecule is CC(C)(O)c1ccnc2nc[nH]c12. The number of hydrogen-bond acceptors (Lipinski definition) is 3. The summed E-state index contributed by atoms with van der Waals surface area (Å²) in [4.78, 5) is 11.0. The van der Waals surface area contributed by atoms with E-state index in [1.165, 1.54) is 0 Å². The lowest BCUT2D eigenvalue weighted by atomic mass is 9.99. The van der Waals surface area contributed by atoms with Gasteiger partial charge in [0.1, 0.15) is 0 Å². The minimum absolute atomic E-state index is 0.639. The Morgan fingerprint density at radius 1 is 1.38 bits per heavy atom. The second kappa shape index (κ2) is 2.53. The summed E-state index contributed by atoms with van der Waals surface area (Å²) in [5.41, 5.74) is 1.39. The van der Waals surface area contributed by atoms with Crippen molar-refractivity contribution in [1.29, 1.82) is 0 Å². The number of H-pyrrole nitrogens is 1. The molecule has 2 rings (SSSR count). The highest BCUT2D eigenvalue weighted by molar-refractivity contribution is 5.74. The summed E-state index contributed by atoms with van der Waals surface area (Å²) < 4.78 is 0. The van der Waals surface area contributed by atoms with E-state index in [0.29, 0.717) is 5.65 Å². The lowest BCUT2D eigenvalue weighted by Gasteiger charge is -2.17. The van der Waals surface area contributed by atoms with Crippen molar-refractivity contribution in [2.75, 3.05) is 0 Å². The lowest BCUT2D eigenvalue weighted by Crippen LogP contribution is -2.16. The Labute approximate surface area is 75.7 Å². The normalized spacial score (nSPS) is 12.2. The quantitative estimate of drug-likeness (QED) is 0.687. The van der Waals surface area contributed by atoms with Gasteiger partial charge in [0.05, 0.1) is 17.4 Å². The topological polar surface area (TPSA) is 61.8 Å². The minimum Gasteiger partial charge on any atom is -0.386 e. The fourth-order valence-electron chi connectivity index (χ4n) is 1.36. The van der Waals surface area contributed by atoms with Crippen LogP contribution in [-0.4, -0.2) is 20.1 Å². The molecule has 0 atom stereocenters. The number of fused-ring (bicyclic) bond motifs is 1. The van der Waals surface area contributed by atoms with Crippen molar-refractivity contribution in [3.8, 4) is 0 Å². The highest BCUT2D eigenvalue weighted by Gasteiger charge is 2.19. The zero-order valence-electron chi connectivity index (χ0n) is 7.57. The number of aromatic nitrogens is 3. The van der Waals surface area contributed by atoms with E-state index in [0.717, 1.165) is 11.1 Å². The van der Waals surface area contributed by atoms with Gasteiger partial charge >= 0.3 is 0 Å². The van der Waals surface area contributed by atoms with Crippen molar-refractivity contribution >= 4 is 11.2 Å². The minimum atomic E-state index is -0.867. The van der Waals surface area contributed by atoms with Crippen LogP contribution in [0.5, 0.6) is 0 Å². The predicted octanol–water partition coefficient (Wildman–Crippen LogP) is 1.19. The van der Waals surface area contributed by atoms with Crippen LogP contribution in [0.15, 0.2) is 18.6 Å². The van der Waals surface area contributed by atoms with Crippen LogP contribution in [0.25, 0.3) is 11.2 Å². The van der Waals surface area contributed by atoms with Crippen LogP contribution in [0.2, 0.25) is 0 Å².